The second-order valence-electron chi connectivity index (χ2n) is 6.32. The predicted molar refractivity (Wildman–Crippen MR) is 102 cm³/mol. The zero-order chi connectivity index (χ0) is 18.7. The van der Waals surface area contributed by atoms with E-state index in [1.54, 1.807) is 28.2 Å². The average Bonchev–Trinajstić information content (AvgIpc) is 3.26. The van der Waals surface area contributed by atoms with E-state index in [9.17, 15) is 9.59 Å². The van der Waals surface area contributed by atoms with Gasteiger partial charge in [0.05, 0.1) is 25.3 Å². The van der Waals surface area contributed by atoms with Gasteiger partial charge in [0.25, 0.3) is 0 Å². The highest BCUT2D eigenvalue weighted by molar-refractivity contribution is 9.10. The molecule has 1 aromatic heterocycles. The average molecular weight is 415 g/mol. The second kappa shape index (κ2) is 7.79. The number of aryl methyl sites for hydroxylation is 1. The van der Waals surface area contributed by atoms with Gasteiger partial charge in [0.2, 0.25) is 11.8 Å². The van der Waals surface area contributed by atoms with Crippen LogP contribution in [0.25, 0.3) is 0 Å². The van der Waals surface area contributed by atoms with E-state index in [2.05, 4.69) is 21.9 Å². The lowest BCUT2D eigenvalue weighted by atomic mass is 10.1. The van der Waals surface area contributed by atoms with Crippen LogP contribution in [0, 0.1) is 25.2 Å². The van der Waals surface area contributed by atoms with Gasteiger partial charge in [0.1, 0.15) is 5.76 Å². The molecule has 0 bridgehead atoms. The summed E-state index contributed by atoms with van der Waals surface area (Å²) in [6.45, 7) is 2.81. The number of benzene rings is 1. The van der Waals surface area contributed by atoms with Crippen molar-refractivity contribution in [3.05, 3.63) is 52.4 Å². The van der Waals surface area contributed by atoms with E-state index >= 15 is 0 Å². The Kier molecular flexibility index (Phi) is 5.48. The minimum Gasteiger partial charge on any atom is -0.467 e. The summed E-state index contributed by atoms with van der Waals surface area (Å²) in [5.74, 6) is 2.60. The van der Waals surface area contributed by atoms with Crippen molar-refractivity contribution in [2.45, 2.75) is 19.9 Å². The topological polar surface area (TPSA) is 53.8 Å². The van der Waals surface area contributed by atoms with Crippen LogP contribution in [-0.4, -0.2) is 29.8 Å². The van der Waals surface area contributed by atoms with Gasteiger partial charge in [-0.15, -0.1) is 6.42 Å². The molecule has 1 fully saturated rings. The van der Waals surface area contributed by atoms with Gasteiger partial charge in [-0.25, -0.2) is 0 Å². The Morgan fingerprint density at radius 2 is 2.27 bits per heavy atom. The molecule has 1 aliphatic heterocycles. The van der Waals surface area contributed by atoms with Crippen LogP contribution in [0.15, 0.2) is 45.5 Å². The molecule has 1 saturated heterocycles. The van der Waals surface area contributed by atoms with E-state index in [1.165, 1.54) is 0 Å². The van der Waals surface area contributed by atoms with Crippen molar-refractivity contribution in [3.63, 3.8) is 0 Å². The van der Waals surface area contributed by atoms with E-state index in [1.807, 2.05) is 25.1 Å². The lowest BCUT2D eigenvalue weighted by molar-refractivity contribution is -0.136. The maximum absolute atomic E-state index is 12.9. The monoisotopic (exact) mass is 414 g/mol. The third-order valence-corrected chi connectivity index (χ3v) is 5.34. The number of halogens is 1. The van der Waals surface area contributed by atoms with Gasteiger partial charge in [-0.05, 0) is 42.8 Å². The zero-order valence-electron chi connectivity index (χ0n) is 14.4. The Morgan fingerprint density at radius 3 is 2.92 bits per heavy atom. The van der Waals surface area contributed by atoms with Crippen LogP contribution in [0.3, 0.4) is 0 Å². The number of anilines is 1. The summed E-state index contributed by atoms with van der Waals surface area (Å²) < 4.78 is 6.30. The van der Waals surface area contributed by atoms with Gasteiger partial charge < -0.3 is 14.2 Å². The number of hydrogen-bond donors (Lipinski definition) is 0. The van der Waals surface area contributed by atoms with Gasteiger partial charge in [0.15, 0.2) is 0 Å². The molecule has 26 heavy (non-hydrogen) atoms. The third-order valence-electron chi connectivity index (χ3n) is 4.45. The largest absolute Gasteiger partial charge is 0.467 e. The molecular weight excluding hydrogens is 396 g/mol. The molecule has 2 aromatic rings. The number of rotatable bonds is 5. The molecule has 0 N–H and O–H groups in total. The molecule has 0 saturated carbocycles. The van der Waals surface area contributed by atoms with Crippen molar-refractivity contribution in [2.75, 3.05) is 18.0 Å². The van der Waals surface area contributed by atoms with Crippen LogP contribution in [0.5, 0.6) is 0 Å². The van der Waals surface area contributed by atoms with Gasteiger partial charge in [-0.2, -0.15) is 0 Å². The van der Waals surface area contributed by atoms with Crippen LogP contribution in [0.4, 0.5) is 5.69 Å². The molecule has 0 radical (unpaired) electrons. The molecule has 134 valence electrons. The van der Waals surface area contributed by atoms with Gasteiger partial charge >= 0.3 is 0 Å². The molecule has 2 amide bonds. The molecule has 3 rings (SSSR count). The molecule has 1 atom stereocenters. The van der Waals surface area contributed by atoms with Gasteiger partial charge in [-0.1, -0.05) is 21.9 Å². The standard InChI is InChI=1S/C20H19BrN2O3/c1-3-8-22(13-17-5-4-9-26-17)20(25)15-11-19(24)23(12-15)16-6-7-18(21)14(2)10-16/h1,4-7,9-10,15H,8,11-13H2,2H3. The summed E-state index contributed by atoms with van der Waals surface area (Å²) in [6.07, 6.45) is 7.16. The van der Waals surface area contributed by atoms with Crippen molar-refractivity contribution in [1.82, 2.24) is 4.90 Å². The smallest absolute Gasteiger partial charge is 0.229 e. The highest BCUT2D eigenvalue weighted by atomic mass is 79.9. The van der Waals surface area contributed by atoms with Gasteiger partial charge in [0, 0.05) is 23.1 Å². The number of furan rings is 1. The number of terminal acetylenes is 1. The molecule has 2 heterocycles. The highest BCUT2D eigenvalue weighted by Crippen LogP contribution is 2.29. The summed E-state index contributed by atoms with van der Waals surface area (Å²) in [6, 6.07) is 9.30. The fourth-order valence-electron chi connectivity index (χ4n) is 3.09. The maximum atomic E-state index is 12.9. The lowest BCUT2D eigenvalue weighted by Crippen LogP contribution is -2.37. The summed E-state index contributed by atoms with van der Waals surface area (Å²) >= 11 is 3.46. The normalized spacial score (nSPS) is 16.6. The number of carbonyl (C=O) groups is 2. The Morgan fingerprint density at radius 1 is 1.46 bits per heavy atom. The van der Waals surface area contributed by atoms with Crippen molar-refractivity contribution in [2.24, 2.45) is 5.92 Å². The summed E-state index contributed by atoms with van der Waals surface area (Å²) in [7, 11) is 0. The van der Waals surface area contributed by atoms with Crippen LogP contribution >= 0.6 is 15.9 Å². The molecule has 1 aromatic carbocycles. The quantitative estimate of drug-likeness (QED) is 0.704. The van der Waals surface area contributed by atoms with E-state index in [4.69, 9.17) is 10.8 Å². The second-order valence-corrected chi connectivity index (χ2v) is 7.17. The molecule has 6 heteroatoms. The molecule has 0 aliphatic carbocycles. The fourth-order valence-corrected chi connectivity index (χ4v) is 3.34. The van der Waals surface area contributed by atoms with Crippen molar-refractivity contribution >= 4 is 33.4 Å². The van der Waals surface area contributed by atoms with Crippen LogP contribution in [0.2, 0.25) is 0 Å². The SMILES string of the molecule is C#CCN(Cc1ccco1)C(=O)C1CC(=O)N(c2ccc(Br)c(C)c2)C1. The first kappa shape index (κ1) is 18.3. The number of hydrogen-bond acceptors (Lipinski definition) is 3. The Bertz CT molecular complexity index is 854. The first-order chi connectivity index (χ1) is 12.5. The zero-order valence-corrected chi connectivity index (χ0v) is 16.0. The Labute approximate surface area is 161 Å². The van der Waals surface area contributed by atoms with E-state index in [0.29, 0.717) is 18.8 Å². The molecule has 1 unspecified atom stereocenters. The molecular formula is C20H19BrN2O3. The summed E-state index contributed by atoms with van der Waals surface area (Å²) in [4.78, 5) is 28.6. The van der Waals surface area contributed by atoms with Crippen molar-refractivity contribution < 1.29 is 14.0 Å². The predicted octanol–water partition coefficient (Wildman–Crippen LogP) is 3.37. The van der Waals surface area contributed by atoms with Crippen molar-refractivity contribution in [3.8, 4) is 12.3 Å². The minimum atomic E-state index is -0.408. The first-order valence-corrected chi connectivity index (χ1v) is 9.10. The minimum absolute atomic E-state index is 0.0521. The van der Waals surface area contributed by atoms with E-state index < -0.39 is 5.92 Å². The maximum Gasteiger partial charge on any atom is 0.229 e. The Balaban J connectivity index is 1.74. The fraction of sp³-hybridized carbons (Fsp3) is 0.300. The summed E-state index contributed by atoms with van der Waals surface area (Å²) in [5, 5.41) is 0. The number of carbonyl (C=O) groups excluding carboxylic acids is 2. The van der Waals surface area contributed by atoms with E-state index in [-0.39, 0.29) is 24.8 Å². The van der Waals surface area contributed by atoms with Crippen LogP contribution < -0.4 is 4.90 Å². The van der Waals surface area contributed by atoms with E-state index in [0.717, 1.165) is 15.7 Å². The van der Waals surface area contributed by atoms with Crippen LogP contribution in [-0.2, 0) is 16.1 Å². The van der Waals surface area contributed by atoms with Gasteiger partial charge in [-0.3, -0.25) is 9.59 Å². The molecule has 5 nitrogen and oxygen atoms in total. The molecule has 0 spiro atoms. The van der Waals surface area contributed by atoms with Crippen LogP contribution in [0.1, 0.15) is 17.7 Å². The van der Waals surface area contributed by atoms with Crippen molar-refractivity contribution in [1.29, 1.82) is 0 Å². The number of amides is 2. The lowest BCUT2D eigenvalue weighted by Gasteiger charge is -2.23. The Hall–Kier alpha value is -2.52. The molecule has 1 aliphatic rings. The number of nitrogens with zero attached hydrogens (tertiary/aromatic N) is 2. The highest BCUT2D eigenvalue weighted by Gasteiger charge is 2.37. The first-order valence-electron chi connectivity index (χ1n) is 8.30. The third kappa shape index (κ3) is 3.83. The summed E-state index contributed by atoms with van der Waals surface area (Å²) in [5.41, 5.74) is 1.84.